The van der Waals surface area contributed by atoms with E-state index in [0.717, 1.165) is 24.8 Å². The van der Waals surface area contributed by atoms with Gasteiger partial charge in [0.2, 0.25) is 5.88 Å². The highest BCUT2D eigenvalue weighted by molar-refractivity contribution is 7.90. The van der Waals surface area contributed by atoms with E-state index in [1.165, 1.54) is 40.4 Å². The van der Waals surface area contributed by atoms with Crippen LogP contribution in [0.3, 0.4) is 0 Å². The zero-order chi connectivity index (χ0) is 47.3. The Morgan fingerprint density at radius 1 is 0.970 bits per heavy atom. The summed E-state index contributed by atoms with van der Waals surface area (Å²) in [5.41, 5.74) is 1.04. The molecule has 1 fully saturated rings. The topological polar surface area (TPSA) is 151 Å². The van der Waals surface area contributed by atoms with E-state index < -0.39 is 70.1 Å². The van der Waals surface area contributed by atoms with Gasteiger partial charge >= 0.3 is 6.18 Å². The summed E-state index contributed by atoms with van der Waals surface area (Å²) in [6, 6.07) is 16.5. The molecule has 0 atom stereocenters. The van der Waals surface area contributed by atoms with Crippen LogP contribution in [0.2, 0.25) is 5.02 Å². The third-order valence-electron chi connectivity index (χ3n) is 11.9. The lowest BCUT2D eigenvalue weighted by atomic mass is 9.72. The second-order valence-electron chi connectivity index (χ2n) is 17.3. The second kappa shape index (κ2) is 20.2. The summed E-state index contributed by atoms with van der Waals surface area (Å²) in [7, 11) is -5.02. The number of carbonyl (C=O) groups excluding carboxylic acids is 1. The Balaban J connectivity index is 1.05. The van der Waals surface area contributed by atoms with Crippen LogP contribution in [0, 0.1) is 5.41 Å². The molecule has 354 valence electrons. The van der Waals surface area contributed by atoms with Crippen molar-refractivity contribution >= 4 is 49.7 Å². The molecule has 0 unspecified atom stereocenters. The van der Waals surface area contributed by atoms with E-state index in [2.05, 4.69) is 39.7 Å². The minimum atomic E-state index is -5.21. The Hall–Kier alpha value is -5.37. The molecule has 0 radical (unpaired) electrons. The Kier molecular flexibility index (Phi) is 14.9. The first-order valence-electron chi connectivity index (χ1n) is 21.3. The fraction of sp³-hybridized carbons (Fsp3) is 0.413. The molecule has 66 heavy (non-hydrogen) atoms. The number of benzene rings is 3. The Morgan fingerprint density at radius 3 is 2.42 bits per heavy atom. The maximum absolute atomic E-state index is 15.6. The molecule has 4 N–H and O–H groups in total. The van der Waals surface area contributed by atoms with Gasteiger partial charge in [0.25, 0.3) is 15.9 Å². The number of fused-ring (bicyclic) bond motifs is 1. The standard InChI is InChI=1S/C46H50ClF6N7O5S/c1-44(2)13-12-30(36(22-44)29-6-8-31(47)9-7-29)25-54-16-17-55-32-10-11-35(41(20-32)65-40-5-3-4-39-37(40)27-57-58-39)42(61)59-66(62,63)34-21-38(46(51,52)53)43(56-26-34)64-28-45(50)14-18-60(19-15-45)33(23-48)24-49/h3-11,20-21,26-27,33,54-55H,12-19,22-25,28H2,1-2H3,(H,57,58)(H,59,61). The largest absolute Gasteiger partial charge is 0.474 e. The number of aromatic amines is 1. The number of nitrogens with zero attached hydrogens (tertiary/aromatic N) is 3. The molecule has 0 bridgehead atoms. The molecule has 1 aliphatic heterocycles. The summed E-state index contributed by atoms with van der Waals surface area (Å²) in [5, 5.41) is 14.9. The molecule has 2 aromatic heterocycles. The number of ether oxygens (including phenoxy) is 2. The molecule has 0 spiro atoms. The number of halogens is 7. The molecule has 12 nitrogen and oxygen atoms in total. The van der Waals surface area contributed by atoms with Crippen LogP contribution in [-0.2, 0) is 16.2 Å². The van der Waals surface area contributed by atoms with Gasteiger partial charge in [-0.15, -0.1) is 0 Å². The number of anilines is 1. The predicted molar refractivity (Wildman–Crippen MR) is 240 cm³/mol. The number of amides is 1. The van der Waals surface area contributed by atoms with Crippen molar-refractivity contribution in [3.8, 4) is 17.4 Å². The highest BCUT2D eigenvalue weighted by atomic mass is 35.5. The van der Waals surface area contributed by atoms with Gasteiger partial charge < -0.3 is 20.1 Å². The number of aromatic nitrogens is 3. The van der Waals surface area contributed by atoms with E-state index in [9.17, 15) is 35.2 Å². The number of allylic oxidation sites excluding steroid dienone is 1. The smallest absolute Gasteiger partial charge is 0.421 e. The molecule has 20 heteroatoms. The lowest BCUT2D eigenvalue weighted by molar-refractivity contribution is -0.140. The van der Waals surface area contributed by atoms with Crippen LogP contribution in [-0.4, -0.2) is 98.8 Å². The molecule has 3 heterocycles. The van der Waals surface area contributed by atoms with Gasteiger partial charge in [-0.05, 0) is 91.1 Å². The minimum Gasteiger partial charge on any atom is -0.474 e. The van der Waals surface area contributed by atoms with Crippen LogP contribution < -0.4 is 24.8 Å². The molecule has 1 aliphatic carbocycles. The SMILES string of the molecule is CC1(C)CCC(CNCCNc2ccc(C(=O)NS(=O)(=O)c3cnc(OCC4(F)CCN(C(CF)CF)CC4)c(C(F)(F)F)c3)c(Oc3cccc4[nH]ncc34)c2)=C(c2ccc(Cl)cc2)C1. The molecule has 0 saturated carbocycles. The molecule has 1 amide bonds. The lowest BCUT2D eigenvalue weighted by Crippen LogP contribution is -2.50. The second-order valence-corrected chi connectivity index (χ2v) is 19.4. The van der Waals surface area contributed by atoms with E-state index >= 15 is 4.39 Å². The number of hydrogen-bond acceptors (Lipinski definition) is 10. The van der Waals surface area contributed by atoms with Gasteiger partial charge in [-0.1, -0.05) is 49.2 Å². The summed E-state index contributed by atoms with van der Waals surface area (Å²) in [5.74, 6) is -2.11. The van der Waals surface area contributed by atoms with Crippen molar-refractivity contribution in [2.75, 3.05) is 58.0 Å². The summed E-state index contributed by atoms with van der Waals surface area (Å²) in [6.45, 7) is 3.27. The van der Waals surface area contributed by atoms with Gasteiger partial charge in [0.05, 0.1) is 34.9 Å². The first-order valence-corrected chi connectivity index (χ1v) is 23.2. The Bertz CT molecular complexity index is 2650. The number of rotatable bonds is 18. The van der Waals surface area contributed by atoms with Crippen molar-refractivity contribution in [3.63, 3.8) is 0 Å². The molecule has 3 aromatic carbocycles. The number of alkyl halides is 6. The maximum Gasteiger partial charge on any atom is 0.421 e. The molecule has 5 aromatic rings. The number of hydrogen-bond donors (Lipinski definition) is 4. The van der Waals surface area contributed by atoms with Gasteiger partial charge in [-0.25, -0.2) is 31.3 Å². The number of likely N-dealkylation sites (tertiary alicyclic amines) is 1. The first kappa shape index (κ1) is 48.6. The quantitative estimate of drug-likeness (QED) is 0.0494. The zero-order valence-corrected chi connectivity index (χ0v) is 37.8. The number of nitrogens with one attached hydrogen (secondary N) is 4. The van der Waals surface area contributed by atoms with E-state index in [0.29, 0.717) is 47.4 Å². The van der Waals surface area contributed by atoms with Crippen molar-refractivity contribution in [3.05, 3.63) is 106 Å². The molecule has 2 aliphatic rings. The van der Waals surface area contributed by atoms with Crippen LogP contribution in [0.25, 0.3) is 16.5 Å². The average Bonchev–Trinajstić information content (AvgIpc) is 3.77. The fourth-order valence-electron chi connectivity index (χ4n) is 8.07. The predicted octanol–water partition coefficient (Wildman–Crippen LogP) is 9.70. The number of piperidine rings is 1. The van der Waals surface area contributed by atoms with Gasteiger partial charge in [0.1, 0.15) is 47.6 Å². The third kappa shape index (κ3) is 11.8. The van der Waals surface area contributed by atoms with Crippen LogP contribution in [0.1, 0.15) is 67.4 Å². The summed E-state index contributed by atoms with van der Waals surface area (Å²) in [6.07, 6.45) is -0.744. The average molecular weight is 962 g/mol. The summed E-state index contributed by atoms with van der Waals surface area (Å²) >= 11 is 6.17. The first-order chi connectivity index (χ1) is 31.4. The van der Waals surface area contributed by atoms with Gasteiger partial charge in [-0.3, -0.25) is 14.8 Å². The Labute approximate surface area is 383 Å². The zero-order valence-electron chi connectivity index (χ0n) is 36.2. The minimum absolute atomic E-state index is 0.0530. The van der Waals surface area contributed by atoms with Crippen molar-refractivity contribution in [1.82, 2.24) is 30.1 Å². The summed E-state index contributed by atoms with van der Waals surface area (Å²) < 4.78 is 125. The van der Waals surface area contributed by atoms with Crippen LogP contribution in [0.4, 0.5) is 32.0 Å². The molecule has 7 rings (SSSR count). The maximum atomic E-state index is 15.6. The van der Waals surface area contributed by atoms with E-state index in [4.69, 9.17) is 21.1 Å². The molecular weight excluding hydrogens is 912 g/mol. The number of carbonyl (C=O) groups is 1. The molecular formula is C46H50ClF6N7O5S. The van der Waals surface area contributed by atoms with E-state index in [-0.39, 0.29) is 54.5 Å². The normalized spacial score (nSPS) is 16.7. The van der Waals surface area contributed by atoms with Crippen LogP contribution >= 0.6 is 11.6 Å². The van der Waals surface area contributed by atoms with Crippen molar-refractivity contribution in [2.24, 2.45) is 5.41 Å². The van der Waals surface area contributed by atoms with Gasteiger partial charge in [-0.2, -0.15) is 18.3 Å². The van der Waals surface area contributed by atoms with E-state index in [1.807, 2.05) is 29.0 Å². The number of pyridine rings is 1. The lowest BCUT2D eigenvalue weighted by Gasteiger charge is -2.38. The van der Waals surface area contributed by atoms with Gasteiger partial charge in [0.15, 0.2) is 0 Å². The van der Waals surface area contributed by atoms with Crippen molar-refractivity contribution in [2.45, 2.75) is 68.7 Å². The monoisotopic (exact) mass is 961 g/mol. The van der Waals surface area contributed by atoms with Crippen molar-refractivity contribution in [1.29, 1.82) is 0 Å². The van der Waals surface area contributed by atoms with Crippen LogP contribution in [0.5, 0.6) is 17.4 Å². The van der Waals surface area contributed by atoms with Crippen LogP contribution in [0.15, 0.2) is 89.6 Å². The number of H-pyrrole nitrogens is 1. The highest BCUT2D eigenvalue weighted by Crippen LogP contribution is 2.43. The summed E-state index contributed by atoms with van der Waals surface area (Å²) in [4.78, 5) is 17.8. The van der Waals surface area contributed by atoms with Crippen molar-refractivity contribution < 1.29 is 49.0 Å². The highest BCUT2D eigenvalue weighted by Gasteiger charge is 2.41. The Morgan fingerprint density at radius 2 is 1.71 bits per heavy atom. The van der Waals surface area contributed by atoms with Gasteiger partial charge in [0, 0.05) is 49.5 Å². The third-order valence-corrected chi connectivity index (χ3v) is 13.5. The molecule has 1 saturated heterocycles. The van der Waals surface area contributed by atoms with E-state index in [1.54, 1.807) is 18.2 Å². The fourth-order valence-corrected chi connectivity index (χ4v) is 9.14. The number of sulfonamides is 1.